The minimum Gasteiger partial charge on any atom is -0.396 e. The molecule has 0 aromatic rings. The van der Waals surface area contributed by atoms with E-state index in [1.807, 2.05) is 0 Å². The maximum Gasteiger partial charge on any atom is 0.0851 e. The fraction of sp³-hybridized carbons (Fsp3) is 0.950. The van der Waals surface area contributed by atoms with Crippen molar-refractivity contribution in [2.75, 3.05) is 26.4 Å². The number of allylic oxidation sites excluding steroid dienone is 2. The lowest BCUT2D eigenvalue weighted by molar-refractivity contribution is -0.138. The number of hydrogen-bond donors (Lipinski definition) is 2. The SMILES string of the molecule is CCCC(CC)(OCCC(C)CCC=C(C)C)C(C)(C)CCCC(C)CCOC(CC)(CN)C(C)(C)CCCC(C)CCO. The summed E-state index contributed by atoms with van der Waals surface area (Å²) < 4.78 is 13.6. The summed E-state index contributed by atoms with van der Waals surface area (Å²) in [5, 5.41) is 9.24. The predicted molar refractivity (Wildman–Crippen MR) is 194 cm³/mol. The van der Waals surface area contributed by atoms with Gasteiger partial charge in [0.05, 0.1) is 11.2 Å². The van der Waals surface area contributed by atoms with E-state index in [2.05, 4.69) is 89.2 Å². The molecule has 0 aliphatic carbocycles. The smallest absolute Gasteiger partial charge is 0.0851 e. The van der Waals surface area contributed by atoms with Crippen LogP contribution in [0, 0.1) is 28.6 Å². The molecule has 0 aliphatic rings. The molecule has 0 aliphatic heterocycles. The van der Waals surface area contributed by atoms with Crippen molar-refractivity contribution in [3.05, 3.63) is 11.6 Å². The van der Waals surface area contributed by atoms with Gasteiger partial charge in [-0.2, -0.15) is 0 Å². The van der Waals surface area contributed by atoms with E-state index in [1.54, 1.807) is 0 Å². The highest BCUT2D eigenvalue weighted by Crippen LogP contribution is 2.45. The van der Waals surface area contributed by atoms with Crippen molar-refractivity contribution in [1.82, 2.24) is 0 Å². The van der Waals surface area contributed by atoms with Crippen LogP contribution in [0.2, 0.25) is 0 Å². The van der Waals surface area contributed by atoms with Crippen molar-refractivity contribution >= 4 is 0 Å². The zero-order chi connectivity index (χ0) is 33.9. The number of rotatable bonds is 28. The predicted octanol–water partition coefficient (Wildman–Crippen LogP) is 11.3. The minimum absolute atomic E-state index is 0.0227. The second kappa shape index (κ2) is 22.2. The molecule has 0 aromatic heterocycles. The molecule has 4 nitrogen and oxygen atoms in total. The Bertz CT molecular complexity index is 737. The highest BCUT2D eigenvalue weighted by molar-refractivity contribution is 4.96. The number of nitrogens with two attached hydrogens (primary N) is 1. The van der Waals surface area contributed by atoms with Gasteiger partial charge in [0.2, 0.25) is 0 Å². The first-order valence-corrected chi connectivity index (χ1v) is 18.8. The molecule has 4 heteroatoms. The van der Waals surface area contributed by atoms with Crippen LogP contribution in [0.5, 0.6) is 0 Å². The van der Waals surface area contributed by atoms with Crippen LogP contribution in [0.15, 0.2) is 11.6 Å². The zero-order valence-electron chi connectivity index (χ0n) is 32.1. The van der Waals surface area contributed by atoms with Gasteiger partial charge in [0.25, 0.3) is 0 Å². The molecule has 0 rings (SSSR count). The summed E-state index contributed by atoms with van der Waals surface area (Å²) in [5.41, 5.74) is 7.68. The van der Waals surface area contributed by atoms with Crippen molar-refractivity contribution in [1.29, 1.82) is 0 Å². The van der Waals surface area contributed by atoms with E-state index in [-0.39, 0.29) is 28.6 Å². The van der Waals surface area contributed by atoms with Gasteiger partial charge in [-0.3, -0.25) is 0 Å². The fourth-order valence-electron chi connectivity index (χ4n) is 7.48. The lowest BCUT2D eigenvalue weighted by Crippen LogP contribution is -2.52. The lowest BCUT2D eigenvalue weighted by atomic mass is 9.67. The van der Waals surface area contributed by atoms with Gasteiger partial charge in [0.15, 0.2) is 0 Å². The summed E-state index contributed by atoms with van der Waals surface area (Å²) in [5.74, 6) is 1.90. The minimum atomic E-state index is -0.281. The van der Waals surface area contributed by atoms with E-state index >= 15 is 0 Å². The van der Waals surface area contributed by atoms with E-state index in [1.165, 1.54) is 44.1 Å². The topological polar surface area (TPSA) is 64.7 Å². The molecule has 0 spiro atoms. The molecule has 0 radical (unpaired) electrons. The standard InChI is InChI=1S/C40H81NO3/c1-13-26-39(14-2,43-30-24-35(7)20-16-19-33(4)5)37(9,10)27-18-22-36(8)25-31-44-40(15-3,32-41)38(11,12)28-17-21-34(6)23-29-42/h19,34-36,42H,13-18,20-32,41H2,1-12H3. The molecule has 0 heterocycles. The van der Waals surface area contributed by atoms with E-state index in [9.17, 15) is 5.11 Å². The van der Waals surface area contributed by atoms with E-state index < -0.39 is 0 Å². The van der Waals surface area contributed by atoms with Gasteiger partial charge >= 0.3 is 0 Å². The number of aliphatic hydroxyl groups excluding tert-OH is 1. The van der Waals surface area contributed by atoms with Crippen LogP contribution in [-0.2, 0) is 9.47 Å². The van der Waals surface area contributed by atoms with E-state index in [0.717, 1.165) is 71.0 Å². The molecular formula is C40H81NO3. The molecular weight excluding hydrogens is 542 g/mol. The second-order valence-corrected chi connectivity index (χ2v) is 16.2. The third-order valence-electron chi connectivity index (χ3n) is 11.4. The molecule has 5 unspecified atom stereocenters. The summed E-state index contributed by atoms with van der Waals surface area (Å²) in [6.45, 7) is 30.4. The summed E-state index contributed by atoms with van der Waals surface area (Å²) in [7, 11) is 0. The Morgan fingerprint density at radius 3 is 1.57 bits per heavy atom. The Morgan fingerprint density at radius 1 is 0.682 bits per heavy atom. The fourth-order valence-corrected chi connectivity index (χ4v) is 7.48. The van der Waals surface area contributed by atoms with Gasteiger partial charge in [0.1, 0.15) is 0 Å². The average molecular weight is 624 g/mol. The maximum absolute atomic E-state index is 9.24. The van der Waals surface area contributed by atoms with Crippen molar-refractivity contribution in [2.24, 2.45) is 34.3 Å². The van der Waals surface area contributed by atoms with Crippen molar-refractivity contribution in [3.63, 3.8) is 0 Å². The summed E-state index contributed by atoms with van der Waals surface area (Å²) in [4.78, 5) is 0. The van der Waals surface area contributed by atoms with E-state index in [4.69, 9.17) is 15.2 Å². The van der Waals surface area contributed by atoms with Gasteiger partial charge in [0, 0.05) is 26.4 Å². The van der Waals surface area contributed by atoms with Crippen LogP contribution in [0.1, 0.15) is 179 Å². The molecule has 3 N–H and O–H groups in total. The molecule has 44 heavy (non-hydrogen) atoms. The van der Waals surface area contributed by atoms with Crippen LogP contribution in [-0.4, -0.2) is 42.7 Å². The van der Waals surface area contributed by atoms with Crippen LogP contribution >= 0.6 is 0 Å². The largest absolute Gasteiger partial charge is 0.396 e. The third-order valence-corrected chi connectivity index (χ3v) is 11.4. The Labute approximate surface area is 277 Å². The normalized spacial score (nSPS) is 17.5. The number of hydrogen-bond acceptors (Lipinski definition) is 4. The van der Waals surface area contributed by atoms with Crippen LogP contribution in [0.4, 0.5) is 0 Å². The zero-order valence-corrected chi connectivity index (χ0v) is 32.1. The second-order valence-electron chi connectivity index (χ2n) is 16.2. The van der Waals surface area contributed by atoms with Crippen molar-refractivity contribution in [3.8, 4) is 0 Å². The molecule has 0 aromatic carbocycles. The molecule has 264 valence electrons. The molecule has 0 saturated carbocycles. The quantitative estimate of drug-likeness (QED) is 0.0851. The van der Waals surface area contributed by atoms with Gasteiger partial charge in [-0.1, -0.05) is 113 Å². The Hall–Kier alpha value is -0.420. The van der Waals surface area contributed by atoms with Gasteiger partial charge in [-0.25, -0.2) is 0 Å². The molecule has 0 saturated heterocycles. The van der Waals surface area contributed by atoms with Crippen molar-refractivity contribution in [2.45, 2.75) is 191 Å². The van der Waals surface area contributed by atoms with Crippen LogP contribution in [0.25, 0.3) is 0 Å². The highest BCUT2D eigenvalue weighted by atomic mass is 16.5. The van der Waals surface area contributed by atoms with E-state index in [0.29, 0.717) is 24.3 Å². The summed E-state index contributed by atoms with van der Waals surface area (Å²) in [6, 6.07) is 0. The molecule has 0 amide bonds. The number of ether oxygens (including phenoxy) is 2. The Morgan fingerprint density at radius 2 is 1.14 bits per heavy atom. The maximum atomic E-state index is 9.24. The van der Waals surface area contributed by atoms with Gasteiger partial charge in [-0.05, 0) is 107 Å². The lowest BCUT2D eigenvalue weighted by Gasteiger charge is -2.47. The van der Waals surface area contributed by atoms with Gasteiger partial charge < -0.3 is 20.3 Å². The Kier molecular flexibility index (Phi) is 22.0. The first-order chi connectivity index (χ1) is 20.6. The van der Waals surface area contributed by atoms with Gasteiger partial charge in [-0.15, -0.1) is 0 Å². The van der Waals surface area contributed by atoms with Crippen LogP contribution < -0.4 is 5.73 Å². The molecule has 0 bridgehead atoms. The summed E-state index contributed by atoms with van der Waals surface area (Å²) >= 11 is 0. The first kappa shape index (κ1) is 43.6. The third kappa shape index (κ3) is 15.0. The highest BCUT2D eigenvalue weighted by Gasteiger charge is 2.44. The molecule has 5 atom stereocenters. The first-order valence-electron chi connectivity index (χ1n) is 18.8. The van der Waals surface area contributed by atoms with Crippen molar-refractivity contribution < 1.29 is 14.6 Å². The monoisotopic (exact) mass is 624 g/mol. The van der Waals surface area contributed by atoms with Crippen LogP contribution in [0.3, 0.4) is 0 Å². The summed E-state index contributed by atoms with van der Waals surface area (Å²) in [6.07, 6.45) is 19.3. The average Bonchev–Trinajstić information content (AvgIpc) is 2.94. The molecule has 0 fully saturated rings. The number of aliphatic hydroxyl groups is 1. The Balaban J connectivity index is 4.97.